The van der Waals surface area contributed by atoms with E-state index in [4.69, 9.17) is 0 Å². The van der Waals surface area contributed by atoms with Gasteiger partial charge in [-0.05, 0) is 19.1 Å². The van der Waals surface area contributed by atoms with Crippen molar-refractivity contribution in [1.29, 1.82) is 0 Å². The van der Waals surface area contributed by atoms with Gasteiger partial charge in [-0.15, -0.1) is 0 Å². The van der Waals surface area contributed by atoms with Crippen molar-refractivity contribution < 1.29 is 0 Å². The summed E-state index contributed by atoms with van der Waals surface area (Å²) in [5.74, 6) is 0. The zero-order chi connectivity index (χ0) is 9.54. The first kappa shape index (κ1) is 7.68. The van der Waals surface area contributed by atoms with Crippen LogP contribution in [0.25, 0.3) is 5.57 Å². The summed E-state index contributed by atoms with van der Waals surface area (Å²) in [7, 11) is 0. The number of aliphatic imine (C=N–C) groups is 2. The van der Waals surface area contributed by atoms with E-state index in [1.165, 1.54) is 11.1 Å². The highest BCUT2D eigenvalue weighted by atomic mass is 14.9. The van der Waals surface area contributed by atoms with Gasteiger partial charge in [0.05, 0.1) is 17.9 Å². The molecule has 1 aromatic carbocycles. The van der Waals surface area contributed by atoms with Crippen LogP contribution in [-0.2, 0) is 0 Å². The highest BCUT2D eigenvalue weighted by Gasteiger charge is 2.21. The Morgan fingerprint density at radius 1 is 1.21 bits per heavy atom. The lowest BCUT2D eigenvalue weighted by atomic mass is 10.00. The van der Waals surface area contributed by atoms with Crippen molar-refractivity contribution in [2.75, 3.05) is 6.54 Å². The summed E-state index contributed by atoms with van der Waals surface area (Å²) in [5, 5.41) is 0. The molecular weight excluding hydrogens is 172 g/mol. The van der Waals surface area contributed by atoms with Crippen molar-refractivity contribution in [3.8, 4) is 0 Å². The SMILES string of the molecule is CC1=NCC2=Nc3ccccc3C2=C1. The summed E-state index contributed by atoms with van der Waals surface area (Å²) in [5.41, 5.74) is 5.79. The number of nitrogens with zero attached hydrogens (tertiary/aromatic N) is 2. The standard InChI is InChI=1S/C12H10N2/c1-8-6-10-9-4-2-3-5-11(9)14-12(10)7-13-8/h2-6H,7H2,1H3. The molecule has 0 amide bonds. The molecule has 68 valence electrons. The van der Waals surface area contributed by atoms with Gasteiger partial charge in [0.25, 0.3) is 0 Å². The Bertz CT molecular complexity index is 493. The lowest BCUT2D eigenvalue weighted by molar-refractivity contribution is 1.28. The van der Waals surface area contributed by atoms with Gasteiger partial charge in [0.2, 0.25) is 0 Å². The second kappa shape index (κ2) is 2.64. The molecule has 2 heteroatoms. The molecule has 0 aliphatic carbocycles. The van der Waals surface area contributed by atoms with Gasteiger partial charge in [0.15, 0.2) is 0 Å². The van der Waals surface area contributed by atoms with E-state index in [0.29, 0.717) is 0 Å². The van der Waals surface area contributed by atoms with Crippen LogP contribution in [0.4, 0.5) is 5.69 Å². The fourth-order valence-electron chi connectivity index (χ4n) is 1.90. The molecule has 14 heavy (non-hydrogen) atoms. The molecule has 0 N–H and O–H groups in total. The molecule has 0 saturated carbocycles. The quantitative estimate of drug-likeness (QED) is 0.589. The van der Waals surface area contributed by atoms with Crippen molar-refractivity contribution in [2.45, 2.75) is 6.92 Å². The first-order valence-electron chi connectivity index (χ1n) is 4.75. The maximum atomic E-state index is 4.55. The molecule has 0 aromatic heterocycles. The fourth-order valence-corrected chi connectivity index (χ4v) is 1.90. The summed E-state index contributed by atoms with van der Waals surface area (Å²) >= 11 is 0. The Morgan fingerprint density at radius 2 is 2.07 bits per heavy atom. The summed E-state index contributed by atoms with van der Waals surface area (Å²) < 4.78 is 0. The number of allylic oxidation sites excluding steroid dienone is 1. The van der Waals surface area contributed by atoms with Gasteiger partial charge < -0.3 is 0 Å². The molecule has 0 bridgehead atoms. The number of dihydropyridines is 1. The van der Waals surface area contributed by atoms with Crippen LogP contribution in [0.15, 0.2) is 40.3 Å². The normalized spacial score (nSPS) is 17.9. The lowest BCUT2D eigenvalue weighted by Gasteiger charge is -2.08. The largest absolute Gasteiger partial charge is 0.284 e. The first-order valence-corrected chi connectivity index (χ1v) is 4.75. The Hall–Kier alpha value is -1.70. The number of rotatable bonds is 0. The van der Waals surface area contributed by atoms with Crippen LogP contribution in [0, 0.1) is 0 Å². The van der Waals surface area contributed by atoms with Crippen LogP contribution in [0.1, 0.15) is 12.5 Å². The molecule has 0 atom stereocenters. The molecule has 3 rings (SSSR count). The second-order valence-corrected chi connectivity index (χ2v) is 3.59. The van der Waals surface area contributed by atoms with Gasteiger partial charge in [-0.3, -0.25) is 9.98 Å². The van der Waals surface area contributed by atoms with E-state index >= 15 is 0 Å². The van der Waals surface area contributed by atoms with Crippen LogP contribution in [-0.4, -0.2) is 18.0 Å². The van der Waals surface area contributed by atoms with Crippen LogP contribution in [0.3, 0.4) is 0 Å². The number of hydrogen-bond donors (Lipinski definition) is 0. The molecule has 0 radical (unpaired) electrons. The van der Waals surface area contributed by atoms with E-state index in [-0.39, 0.29) is 0 Å². The van der Waals surface area contributed by atoms with Crippen LogP contribution < -0.4 is 0 Å². The van der Waals surface area contributed by atoms with Gasteiger partial charge in [0, 0.05) is 16.8 Å². The van der Waals surface area contributed by atoms with Crippen molar-refractivity contribution in [3.05, 3.63) is 35.9 Å². The van der Waals surface area contributed by atoms with Crippen LogP contribution in [0.2, 0.25) is 0 Å². The predicted molar refractivity (Wildman–Crippen MR) is 59.5 cm³/mol. The van der Waals surface area contributed by atoms with E-state index in [0.717, 1.165) is 23.7 Å². The number of benzene rings is 1. The van der Waals surface area contributed by atoms with E-state index in [9.17, 15) is 0 Å². The van der Waals surface area contributed by atoms with Crippen molar-refractivity contribution in [1.82, 2.24) is 0 Å². The Morgan fingerprint density at radius 3 is 3.00 bits per heavy atom. The Kier molecular flexibility index (Phi) is 1.45. The summed E-state index contributed by atoms with van der Waals surface area (Å²) in [6.45, 7) is 2.76. The van der Waals surface area contributed by atoms with Gasteiger partial charge in [0.1, 0.15) is 0 Å². The molecule has 2 heterocycles. The van der Waals surface area contributed by atoms with Crippen molar-refractivity contribution >= 4 is 22.7 Å². The molecule has 0 unspecified atom stereocenters. The highest BCUT2D eigenvalue weighted by molar-refractivity contribution is 6.34. The molecule has 0 fully saturated rings. The smallest absolute Gasteiger partial charge is 0.0821 e. The number of hydrogen-bond acceptors (Lipinski definition) is 2. The zero-order valence-corrected chi connectivity index (χ0v) is 7.99. The minimum atomic E-state index is 0.729. The summed E-state index contributed by atoms with van der Waals surface area (Å²) in [6, 6.07) is 8.25. The third-order valence-electron chi connectivity index (χ3n) is 2.59. The third kappa shape index (κ3) is 0.970. The van der Waals surface area contributed by atoms with Crippen molar-refractivity contribution in [3.63, 3.8) is 0 Å². The average molecular weight is 182 g/mol. The maximum Gasteiger partial charge on any atom is 0.0821 e. The molecule has 1 aromatic rings. The van der Waals surface area contributed by atoms with Gasteiger partial charge in [-0.1, -0.05) is 18.2 Å². The topological polar surface area (TPSA) is 24.7 Å². The summed E-state index contributed by atoms with van der Waals surface area (Å²) in [6.07, 6.45) is 2.12. The molecule has 0 saturated heterocycles. The van der Waals surface area contributed by atoms with Crippen molar-refractivity contribution in [2.24, 2.45) is 9.98 Å². The Labute approximate surface area is 82.7 Å². The Balaban J connectivity index is 2.23. The average Bonchev–Trinajstić information content (AvgIpc) is 2.56. The van der Waals surface area contributed by atoms with E-state index in [1.54, 1.807) is 0 Å². The lowest BCUT2D eigenvalue weighted by Crippen LogP contribution is -2.09. The molecule has 2 aliphatic heterocycles. The molecule has 2 nitrogen and oxygen atoms in total. The molecule has 0 spiro atoms. The van der Waals surface area contributed by atoms with E-state index < -0.39 is 0 Å². The third-order valence-corrected chi connectivity index (χ3v) is 2.59. The predicted octanol–water partition coefficient (Wildman–Crippen LogP) is 2.63. The van der Waals surface area contributed by atoms with E-state index in [1.807, 2.05) is 13.0 Å². The molecule has 2 aliphatic rings. The monoisotopic (exact) mass is 182 g/mol. The molecular formula is C12H10N2. The maximum absolute atomic E-state index is 4.55. The second-order valence-electron chi connectivity index (χ2n) is 3.59. The number of para-hydroxylation sites is 1. The minimum Gasteiger partial charge on any atom is -0.284 e. The van der Waals surface area contributed by atoms with Gasteiger partial charge in [-0.25, -0.2) is 0 Å². The minimum absolute atomic E-state index is 0.729. The van der Waals surface area contributed by atoms with Gasteiger partial charge >= 0.3 is 0 Å². The van der Waals surface area contributed by atoms with E-state index in [2.05, 4.69) is 34.3 Å². The first-order chi connectivity index (χ1) is 6.84. The van der Waals surface area contributed by atoms with Crippen LogP contribution >= 0.6 is 0 Å². The van der Waals surface area contributed by atoms with Crippen LogP contribution in [0.5, 0.6) is 0 Å². The number of fused-ring (bicyclic) bond motifs is 3. The van der Waals surface area contributed by atoms with Gasteiger partial charge in [-0.2, -0.15) is 0 Å². The zero-order valence-electron chi connectivity index (χ0n) is 7.99. The highest BCUT2D eigenvalue weighted by Crippen LogP contribution is 2.35. The fraction of sp³-hybridized carbons (Fsp3) is 0.167. The summed E-state index contributed by atoms with van der Waals surface area (Å²) in [4.78, 5) is 8.91.